The molecule has 2 saturated heterocycles. The summed E-state index contributed by atoms with van der Waals surface area (Å²) in [5.74, 6) is 0.0962. The zero-order valence-electron chi connectivity index (χ0n) is 13.4. The van der Waals surface area contributed by atoms with Gasteiger partial charge in [-0.25, -0.2) is 4.79 Å². The number of ether oxygens (including phenoxy) is 1. The molecule has 3 rings (SSSR count). The van der Waals surface area contributed by atoms with Crippen LogP contribution in [0, 0.1) is 0 Å². The summed E-state index contributed by atoms with van der Waals surface area (Å²) in [6.07, 6.45) is 4.56. The molecule has 2 amide bonds. The van der Waals surface area contributed by atoms with Gasteiger partial charge in [0.15, 0.2) is 0 Å². The van der Waals surface area contributed by atoms with Crippen molar-refractivity contribution in [2.45, 2.75) is 44.8 Å². The lowest BCUT2D eigenvalue weighted by atomic mass is 10.1. The summed E-state index contributed by atoms with van der Waals surface area (Å²) >= 11 is 0. The van der Waals surface area contributed by atoms with E-state index >= 15 is 0 Å². The quantitative estimate of drug-likeness (QED) is 0.861. The topological polar surface area (TPSA) is 49.9 Å². The molecule has 0 radical (unpaired) electrons. The number of hydrogen-bond acceptors (Lipinski definition) is 3. The van der Waals surface area contributed by atoms with Gasteiger partial charge in [0.1, 0.15) is 12.6 Å². The van der Waals surface area contributed by atoms with Crippen LogP contribution in [-0.4, -0.2) is 47.5 Å². The molecule has 0 aromatic heterocycles. The Kier molecular flexibility index (Phi) is 5.16. The molecule has 124 valence electrons. The van der Waals surface area contributed by atoms with E-state index in [9.17, 15) is 9.59 Å². The van der Waals surface area contributed by atoms with Crippen molar-refractivity contribution in [3.63, 3.8) is 0 Å². The number of piperidine rings is 1. The minimum Gasteiger partial charge on any atom is -0.445 e. The smallest absolute Gasteiger partial charge is 0.410 e. The predicted octanol–water partition coefficient (Wildman–Crippen LogP) is 2.80. The van der Waals surface area contributed by atoms with E-state index in [4.69, 9.17) is 4.74 Å². The maximum atomic E-state index is 12.7. The van der Waals surface area contributed by atoms with Crippen LogP contribution in [0.15, 0.2) is 30.3 Å². The highest BCUT2D eigenvalue weighted by Gasteiger charge is 2.37. The van der Waals surface area contributed by atoms with Crippen LogP contribution >= 0.6 is 0 Å². The number of rotatable bonds is 3. The maximum absolute atomic E-state index is 12.7. The molecule has 1 aromatic rings. The standard InChI is InChI=1S/C18H24N2O3/c21-17(19-11-5-2-6-12-19)16-10-7-13-20(16)18(22)23-14-15-8-3-1-4-9-15/h1,3-4,8-9,16H,2,5-7,10-14H2/t16-/m0/s1. The van der Waals surface area contributed by atoms with Gasteiger partial charge < -0.3 is 9.64 Å². The lowest BCUT2D eigenvalue weighted by Gasteiger charge is -2.32. The highest BCUT2D eigenvalue weighted by molar-refractivity contribution is 5.86. The van der Waals surface area contributed by atoms with Gasteiger partial charge in [-0.05, 0) is 37.7 Å². The van der Waals surface area contributed by atoms with E-state index in [1.54, 1.807) is 4.90 Å². The normalized spacial score (nSPS) is 21.3. The lowest BCUT2D eigenvalue weighted by molar-refractivity contribution is -0.136. The second-order valence-corrected chi connectivity index (χ2v) is 6.28. The van der Waals surface area contributed by atoms with Crippen molar-refractivity contribution in [3.8, 4) is 0 Å². The molecule has 2 aliphatic rings. The summed E-state index contributed by atoms with van der Waals surface area (Å²) in [6, 6.07) is 9.28. The van der Waals surface area contributed by atoms with Crippen molar-refractivity contribution in [3.05, 3.63) is 35.9 Å². The molecule has 2 aliphatic heterocycles. The molecule has 1 aromatic carbocycles. The van der Waals surface area contributed by atoms with Gasteiger partial charge in [-0.15, -0.1) is 0 Å². The number of likely N-dealkylation sites (tertiary alicyclic amines) is 2. The van der Waals surface area contributed by atoms with Crippen LogP contribution in [0.2, 0.25) is 0 Å². The Morgan fingerprint density at radius 2 is 1.74 bits per heavy atom. The fraction of sp³-hybridized carbons (Fsp3) is 0.556. The first-order valence-corrected chi connectivity index (χ1v) is 8.52. The van der Waals surface area contributed by atoms with Crippen LogP contribution in [-0.2, 0) is 16.1 Å². The van der Waals surface area contributed by atoms with Gasteiger partial charge >= 0.3 is 6.09 Å². The van der Waals surface area contributed by atoms with Gasteiger partial charge in [0, 0.05) is 19.6 Å². The zero-order chi connectivity index (χ0) is 16.1. The third-order valence-electron chi connectivity index (χ3n) is 4.65. The number of hydrogen-bond donors (Lipinski definition) is 0. The molecule has 0 aliphatic carbocycles. The number of carbonyl (C=O) groups excluding carboxylic acids is 2. The van der Waals surface area contributed by atoms with Gasteiger partial charge in [-0.3, -0.25) is 9.69 Å². The van der Waals surface area contributed by atoms with Crippen LogP contribution < -0.4 is 0 Å². The lowest BCUT2D eigenvalue weighted by Crippen LogP contribution is -2.49. The summed E-state index contributed by atoms with van der Waals surface area (Å²) in [4.78, 5) is 28.5. The Hall–Kier alpha value is -2.04. The van der Waals surface area contributed by atoms with Gasteiger partial charge in [-0.1, -0.05) is 30.3 Å². The van der Waals surface area contributed by atoms with Crippen molar-refractivity contribution in [1.82, 2.24) is 9.80 Å². The number of amides is 2. The van der Waals surface area contributed by atoms with Gasteiger partial charge in [0.2, 0.25) is 5.91 Å². The molecular formula is C18H24N2O3. The molecule has 0 bridgehead atoms. The summed E-state index contributed by atoms with van der Waals surface area (Å²) < 4.78 is 5.40. The van der Waals surface area contributed by atoms with Gasteiger partial charge in [-0.2, -0.15) is 0 Å². The van der Waals surface area contributed by atoms with E-state index in [2.05, 4.69) is 0 Å². The Morgan fingerprint density at radius 3 is 2.48 bits per heavy atom. The van der Waals surface area contributed by atoms with E-state index < -0.39 is 0 Å². The number of nitrogens with zero attached hydrogens (tertiary/aromatic N) is 2. The fourth-order valence-corrected chi connectivity index (χ4v) is 3.37. The molecule has 0 unspecified atom stereocenters. The Balaban J connectivity index is 1.57. The summed E-state index contributed by atoms with van der Waals surface area (Å²) in [5.41, 5.74) is 0.957. The van der Waals surface area contributed by atoms with Crippen LogP contribution in [0.3, 0.4) is 0 Å². The molecule has 1 atom stereocenters. The van der Waals surface area contributed by atoms with E-state index in [0.29, 0.717) is 6.54 Å². The fourth-order valence-electron chi connectivity index (χ4n) is 3.37. The van der Waals surface area contributed by atoms with Gasteiger partial charge in [0.25, 0.3) is 0 Å². The monoisotopic (exact) mass is 316 g/mol. The van der Waals surface area contributed by atoms with Gasteiger partial charge in [0.05, 0.1) is 0 Å². The molecule has 2 heterocycles. The highest BCUT2D eigenvalue weighted by Crippen LogP contribution is 2.22. The van der Waals surface area contributed by atoms with Crippen molar-refractivity contribution in [2.75, 3.05) is 19.6 Å². The summed E-state index contributed by atoms with van der Waals surface area (Å²) in [6.45, 7) is 2.50. The third-order valence-corrected chi connectivity index (χ3v) is 4.65. The first kappa shape index (κ1) is 15.8. The van der Waals surface area contributed by atoms with Crippen LogP contribution in [0.25, 0.3) is 0 Å². The second-order valence-electron chi connectivity index (χ2n) is 6.28. The Bertz CT molecular complexity index is 540. The molecular weight excluding hydrogens is 292 g/mol. The van der Waals surface area contributed by atoms with Crippen LogP contribution in [0.1, 0.15) is 37.7 Å². The van der Waals surface area contributed by atoms with Crippen molar-refractivity contribution in [1.29, 1.82) is 0 Å². The molecule has 5 heteroatoms. The number of carbonyl (C=O) groups is 2. The Morgan fingerprint density at radius 1 is 1.00 bits per heavy atom. The van der Waals surface area contributed by atoms with E-state index in [1.807, 2.05) is 35.2 Å². The first-order valence-electron chi connectivity index (χ1n) is 8.52. The maximum Gasteiger partial charge on any atom is 0.410 e. The number of benzene rings is 1. The van der Waals surface area contributed by atoms with E-state index in [0.717, 1.165) is 44.3 Å². The molecule has 2 fully saturated rings. The molecule has 23 heavy (non-hydrogen) atoms. The largest absolute Gasteiger partial charge is 0.445 e. The predicted molar refractivity (Wildman–Crippen MR) is 86.8 cm³/mol. The zero-order valence-corrected chi connectivity index (χ0v) is 13.4. The van der Waals surface area contributed by atoms with Crippen molar-refractivity contribution < 1.29 is 14.3 Å². The minimum atomic E-state index is -0.373. The second kappa shape index (κ2) is 7.49. The Labute approximate surface area is 137 Å². The average Bonchev–Trinajstić information content (AvgIpc) is 3.10. The SMILES string of the molecule is O=C([C@@H]1CCCN1C(=O)OCc1ccccc1)N1CCCCC1. The third kappa shape index (κ3) is 3.84. The summed E-state index contributed by atoms with van der Waals surface area (Å²) in [5, 5.41) is 0. The first-order chi connectivity index (χ1) is 11.3. The minimum absolute atomic E-state index is 0.0962. The average molecular weight is 316 g/mol. The summed E-state index contributed by atoms with van der Waals surface area (Å²) in [7, 11) is 0. The van der Waals surface area contributed by atoms with Crippen molar-refractivity contribution in [2.24, 2.45) is 0 Å². The van der Waals surface area contributed by atoms with Crippen molar-refractivity contribution >= 4 is 12.0 Å². The molecule has 5 nitrogen and oxygen atoms in total. The highest BCUT2D eigenvalue weighted by atomic mass is 16.6. The van der Waals surface area contributed by atoms with Crippen LogP contribution in [0.5, 0.6) is 0 Å². The van der Waals surface area contributed by atoms with E-state index in [1.165, 1.54) is 6.42 Å². The molecule has 0 N–H and O–H groups in total. The molecule has 0 saturated carbocycles. The van der Waals surface area contributed by atoms with E-state index in [-0.39, 0.29) is 24.6 Å². The molecule has 0 spiro atoms. The van der Waals surface area contributed by atoms with Crippen LogP contribution in [0.4, 0.5) is 4.79 Å².